The van der Waals surface area contributed by atoms with Crippen LogP contribution in [0.15, 0.2) is 60.9 Å². The summed E-state index contributed by atoms with van der Waals surface area (Å²) in [6.45, 7) is 0.268. The van der Waals surface area contributed by atoms with E-state index >= 15 is 0 Å². The van der Waals surface area contributed by atoms with Crippen LogP contribution in [0.5, 0.6) is 0 Å². The highest BCUT2D eigenvalue weighted by Gasteiger charge is 2.10. The molecule has 1 aromatic carbocycles. The van der Waals surface area contributed by atoms with Crippen molar-refractivity contribution in [2.75, 3.05) is 6.54 Å². The van der Waals surface area contributed by atoms with E-state index in [1.165, 1.54) is 0 Å². The number of hydrogen-bond acceptors (Lipinski definition) is 4. The van der Waals surface area contributed by atoms with Crippen LogP contribution in [0, 0.1) is 0 Å². The van der Waals surface area contributed by atoms with Gasteiger partial charge in [0.2, 0.25) is 5.91 Å². The highest BCUT2D eigenvalue weighted by molar-refractivity contribution is 5.96. The summed E-state index contributed by atoms with van der Waals surface area (Å²) < 4.78 is 0. The Kier molecular flexibility index (Phi) is 4.76. The van der Waals surface area contributed by atoms with E-state index in [0.29, 0.717) is 6.54 Å². The molecular weight excluding hydrogens is 304 g/mol. The maximum absolute atomic E-state index is 12.1. The number of rotatable bonds is 5. The van der Waals surface area contributed by atoms with Crippen LogP contribution in [0.1, 0.15) is 16.1 Å². The van der Waals surface area contributed by atoms with E-state index in [2.05, 4.69) is 20.6 Å². The minimum Gasteiger partial charge on any atom is -0.350 e. The molecule has 24 heavy (non-hydrogen) atoms. The van der Waals surface area contributed by atoms with Crippen molar-refractivity contribution >= 4 is 22.7 Å². The van der Waals surface area contributed by atoms with Gasteiger partial charge in [0.05, 0.1) is 12.1 Å². The summed E-state index contributed by atoms with van der Waals surface area (Å²) in [7, 11) is 0. The van der Waals surface area contributed by atoms with Crippen LogP contribution in [0.2, 0.25) is 0 Å². The zero-order chi connectivity index (χ0) is 16.8. The normalized spacial score (nSPS) is 10.3. The molecule has 0 atom stereocenters. The van der Waals surface area contributed by atoms with Gasteiger partial charge in [-0.15, -0.1) is 0 Å². The van der Waals surface area contributed by atoms with Crippen molar-refractivity contribution in [2.24, 2.45) is 0 Å². The lowest BCUT2D eigenvalue weighted by molar-refractivity contribution is -0.120. The second-order valence-corrected chi connectivity index (χ2v) is 5.21. The minimum atomic E-state index is -0.378. The van der Waals surface area contributed by atoms with E-state index < -0.39 is 0 Å². The first-order chi connectivity index (χ1) is 11.7. The van der Waals surface area contributed by atoms with Crippen molar-refractivity contribution in [1.82, 2.24) is 20.6 Å². The average molecular weight is 320 g/mol. The zero-order valence-corrected chi connectivity index (χ0v) is 12.9. The van der Waals surface area contributed by atoms with E-state index in [-0.39, 0.29) is 24.1 Å². The van der Waals surface area contributed by atoms with Crippen LogP contribution >= 0.6 is 0 Å². The van der Waals surface area contributed by atoms with E-state index in [1.54, 1.807) is 24.5 Å². The van der Waals surface area contributed by atoms with Gasteiger partial charge in [-0.2, -0.15) is 0 Å². The Hall–Kier alpha value is -3.28. The molecule has 0 radical (unpaired) electrons. The average Bonchev–Trinajstić information content (AvgIpc) is 2.65. The van der Waals surface area contributed by atoms with Gasteiger partial charge in [-0.25, -0.2) is 4.98 Å². The van der Waals surface area contributed by atoms with Crippen LogP contribution in [-0.2, 0) is 11.3 Å². The van der Waals surface area contributed by atoms with Gasteiger partial charge in [0.15, 0.2) is 0 Å². The molecule has 0 aliphatic rings. The van der Waals surface area contributed by atoms with E-state index in [1.807, 2.05) is 36.4 Å². The lowest BCUT2D eigenvalue weighted by Crippen LogP contribution is -2.36. The van der Waals surface area contributed by atoms with E-state index in [9.17, 15) is 9.59 Å². The van der Waals surface area contributed by atoms with Crippen molar-refractivity contribution in [3.63, 3.8) is 0 Å². The number of pyridine rings is 2. The van der Waals surface area contributed by atoms with Crippen molar-refractivity contribution < 1.29 is 9.59 Å². The first-order valence-electron chi connectivity index (χ1n) is 7.52. The van der Waals surface area contributed by atoms with Crippen molar-refractivity contribution in [3.05, 3.63) is 72.2 Å². The molecule has 0 bridgehead atoms. The van der Waals surface area contributed by atoms with Crippen LogP contribution < -0.4 is 10.6 Å². The highest BCUT2D eigenvalue weighted by Crippen LogP contribution is 2.11. The fraction of sp³-hybridized carbons (Fsp3) is 0.111. The Balaban J connectivity index is 1.53. The summed E-state index contributed by atoms with van der Waals surface area (Å²) in [5.74, 6) is -0.648. The fourth-order valence-corrected chi connectivity index (χ4v) is 2.21. The molecule has 0 spiro atoms. The van der Waals surface area contributed by atoms with Gasteiger partial charge < -0.3 is 10.6 Å². The largest absolute Gasteiger partial charge is 0.350 e. The summed E-state index contributed by atoms with van der Waals surface area (Å²) in [5, 5.41) is 6.25. The second kappa shape index (κ2) is 7.32. The smallest absolute Gasteiger partial charge is 0.270 e. The molecule has 0 fully saturated rings. The summed E-state index contributed by atoms with van der Waals surface area (Å²) in [6, 6.07) is 14.7. The topological polar surface area (TPSA) is 84.0 Å². The Morgan fingerprint density at radius 2 is 1.83 bits per heavy atom. The fourth-order valence-electron chi connectivity index (χ4n) is 2.21. The van der Waals surface area contributed by atoms with E-state index in [0.717, 1.165) is 16.5 Å². The molecule has 3 aromatic rings. The predicted octanol–water partition coefficient (Wildman–Crippen LogP) is 1.68. The second-order valence-electron chi connectivity index (χ2n) is 5.21. The first kappa shape index (κ1) is 15.6. The molecule has 120 valence electrons. The number of hydrogen-bond donors (Lipinski definition) is 2. The van der Waals surface area contributed by atoms with Crippen LogP contribution in [0.3, 0.4) is 0 Å². The molecule has 2 heterocycles. The minimum absolute atomic E-state index is 0.104. The van der Waals surface area contributed by atoms with Crippen LogP contribution in [0.25, 0.3) is 10.9 Å². The summed E-state index contributed by atoms with van der Waals surface area (Å²) in [6.07, 6.45) is 3.35. The standard InChI is InChI=1S/C18H16N4O2/c23-17(20-11-13-4-3-9-19-10-13)12-21-18(24)16-8-7-14-5-1-2-6-15(14)22-16/h1-10H,11-12H2,(H,20,23)(H,21,24). The molecule has 2 amide bonds. The van der Waals surface area contributed by atoms with Crippen molar-refractivity contribution in [1.29, 1.82) is 0 Å². The molecule has 0 unspecified atom stereocenters. The van der Waals surface area contributed by atoms with Crippen molar-refractivity contribution in [2.45, 2.75) is 6.54 Å². The number of benzene rings is 1. The molecule has 2 N–H and O–H groups in total. The predicted molar refractivity (Wildman–Crippen MR) is 90.2 cm³/mol. The van der Waals surface area contributed by atoms with Gasteiger partial charge in [0.1, 0.15) is 5.69 Å². The highest BCUT2D eigenvalue weighted by atomic mass is 16.2. The van der Waals surface area contributed by atoms with E-state index in [4.69, 9.17) is 0 Å². The van der Waals surface area contributed by atoms with Gasteiger partial charge in [0.25, 0.3) is 5.91 Å². The maximum atomic E-state index is 12.1. The number of nitrogens with one attached hydrogen (secondary N) is 2. The summed E-state index contributed by atoms with van der Waals surface area (Å²) >= 11 is 0. The number of carbonyl (C=O) groups excluding carboxylic acids is 2. The summed E-state index contributed by atoms with van der Waals surface area (Å²) in [4.78, 5) is 32.2. The summed E-state index contributed by atoms with van der Waals surface area (Å²) in [5.41, 5.74) is 1.92. The molecule has 0 aliphatic carbocycles. The molecule has 2 aromatic heterocycles. The number of amides is 2. The third-order valence-electron chi connectivity index (χ3n) is 3.45. The zero-order valence-electron chi connectivity index (χ0n) is 12.9. The molecule has 0 saturated heterocycles. The van der Waals surface area contributed by atoms with Gasteiger partial charge in [0, 0.05) is 24.3 Å². The Morgan fingerprint density at radius 3 is 2.67 bits per heavy atom. The monoisotopic (exact) mass is 320 g/mol. The van der Waals surface area contributed by atoms with Gasteiger partial charge >= 0.3 is 0 Å². The van der Waals surface area contributed by atoms with Crippen molar-refractivity contribution in [3.8, 4) is 0 Å². The molecule has 0 saturated carbocycles. The Bertz CT molecular complexity index is 865. The third kappa shape index (κ3) is 3.92. The first-order valence-corrected chi connectivity index (χ1v) is 7.52. The number of aromatic nitrogens is 2. The van der Waals surface area contributed by atoms with Gasteiger partial charge in [-0.3, -0.25) is 14.6 Å². The number of carbonyl (C=O) groups is 2. The van der Waals surface area contributed by atoms with Crippen LogP contribution in [0.4, 0.5) is 0 Å². The number of para-hydroxylation sites is 1. The number of fused-ring (bicyclic) bond motifs is 1. The number of nitrogens with zero attached hydrogens (tertiary/aromatic N) is 2. The third-order valence-corrected chi connectivity index (χ3v) is 3.45. The van der Waals surface area contributed by atoms with Gasteiger partial charge in [-0.1, -0.05) is 30.3 Å². The molecule has 6 heteroatoms. The quantitative estimate of drug-likeness (QED) is 0.749. The maximum Gasteiger partial charge on any atom is 0.270 e. The molecule has 6 nitrogen and oxygen atoms in total. The Labute approximate surface area is 138 Å². The molecule has 0 aliphatic heterocycles. The SMILES string of the molecule is O=C(CNC(=O)c1ccc2ccccc2n1)NCc1cccnc1. The lowest BCUT2D eigenvalue weighted by Gasteiger charge is -2.07. The molecular formula is C18H16N4O2. The van der Waals surface area contributed by atoms with Gasteiger partial charge in [-0.05, 0) is 23.8 Å². The lowest BCUT2D eigenvalue weighted by atomic mass is 10.2. The van der Waals surface area contributed by atoms with Crippen LogP contribution in [-0.4, -0.2) is 28.3 Å². The Morgan fingerprint density at radius 1 is 0.958 bits per heavy atom. The molecule has 3 rings (SSSR count).